The minimum atomic E-state index is -0.0191. The molecule has 6 nitrogen and oxygen atoms in total. The summed E-state index contributed by atoms with van der Waals surface area (Å²) in [6.45, 7) is 2.66. The van der Waals surface area contributed by atoms with Crippen LogP contribution in [0.3, 0.4) is 0 Å². The molecule has 2 aliphatic rings. The number of hydrogen-bond donors (Lipinski definition) is 2. The summed E-state index contributed by atoms with van der Waals surface area (Å²) in [4.78, 5) is 18.8. The van der Waals surface area contributed by atoms with E-state index in [0.717, 1.165) is 50.5 Å². The average Bonchev–Trinajstić information content (AvgIpc) is 3.40. The Bertz CT molecular complexity index is 789. The number of nitrogens with zero attached hydrogens (tertiary/aromatic N) is 2. The minimum Gasteiger partial charge on any atom is -0.496 e. The number of anilines is 1. The topological polar surface area (TPSA) is 66.5 Å². The molecule has 1 aromatic carbocycles. The molecule has 1 amide bonds. The summed E-state index contributed by atoms with van der Waals surface area (Å²) in [5.41, 5.74) is 1.80. The second-order valence-electron chi connectivity index (χ2n) is 7.28. The van der Waals surface area contributed by atoms with Crippen LogP contribution in [-0.4, -0.2) is 43.2 Å². The fourth-order valence-corrected chi connectivity index (χ4v) is 3.44. The van der Waals surface area contributed by atoms with Crippen molar-refractivity contribution in [2.24, 2.45) is 0 Å². The number of pyridine rings is 1. The number of ether oxygens (including phenoxy) is 1. The van der Waals surface area contributed by atoms with Gasteiger partial charge in [-0.25, -0.2) is 4.98 Å². The maximum Gasteiger partial charge on any atom is 0.253 e. The predicted octanol–water partition coefficient (Wildman–Crippen LogP) is 2.35. The molecule has 1 aliphatic heterocycles. The van der Waals surface area contributed by atoms with Crippen LogP contribution in [-0.2, 0) is 6.54 Å². The van der Waals surface area contributed by atoms with Crippen molar-refractivity contribution in [1.29, 1.82) is 0 Å². The van der Waals surface area contributed by atoms with Crippen molar-refractivity contribution in [1.82, 2.24) is 15.6 Å². The van der Waals surface area contributed by atoms with Crippen LogP contribution >= 0.6 is 0 Å². The molecule has 2 aromatic rings. The summed E-state index contributed by atoms with van der Waals surface area (Å²) in [7, 11) is 1.70. The number of methoxy groups -OCH3 is 1. The number of benzene rings is 1. The van der Waals surface area contributed by atoms with Gasteiger partial charge in [0, 0.05) is 43.5 Å². The van der Waals surface area contributed by atoms with Crippen molar-refractivity contribution >= 4 is 11.7 Å². The van der Waals surface area contributed by atoms with E-state index >= 15 is 0 Å². The van der Waals surface area contributed by atoms with Crippen LogP contribution in [0.15, 0.2) is 42.6 Å². The van der Waals surface area contributed by atoms with E-state index in [1.54, 1.807) is 13.3 Å². The zero-order valence-corrected chi connectivity index (χ0v) is 15.6. The SMILES string of the molecule is COc1ccccc1CNC1CCN(c2ccc(C(=O)NC3CC3)cn2)C1. The summed E-state index contributed by atoms with van der Waals surface area (Å²) >= 11 is 0. The summed E-state index contributed by atoms with van der Waals surface area (Å²) in [5.74, 6) is 1.83. The molecular weight excluding hydrogens is 340 g/mol. The molecule has 142 valence electrons. The van der Waals surface area contributed by atoms with Gasteiger partial charge in [0.15, 0.2) is 0 Å². The van der Waals surface area contributed by atoms with E-state index in [1.165, 1.54) is 5.56 Å². The van der Waals surface area contributed by atoms with Gasteiger partial charge in [-0.1, -0.05) is 18.2 Å². The molecule has 1 saturated carbocycles. The quantitative estimate of drug-likeness (QED) is 0.787. The molecule has 1 unspecified atom stereocenters. The third-order valence-corrected chi connectivity index (χ3v) is 5.21. The van der Waals surface area contributed by atoms with Gasteiger partial charge in [-0.3, -0.25) is 4.79 Å². The lowest BCUT2D eigenvalue weighted by Crippen LogP contribution is -2.32. The molecule has 0 bridgehead atoms. The molecule has 4 rings (SSSR count). The Kier molecular flexibility index (Phi) is 5.25. The maximum atomic E-state index is 12.1. The first-order valence-electron chi connectivity index (χ1n) is 9.60. The highest BCUT2D eigenvalue weighted by molar-refractivity contribution is 5.94. The van der Waals surface area contributed by atoms with Crippen molar-refractivity contribution in [3.63, 3.8) is 0 Å². The van der Waals surface area contributed by atoms with Crippen LogP contribution in [0.4, 0.5) is 5.82 Å². The summed E-state index contributed by atoms with van der Waals surface area (Å²) < 4.78 is 5.42. The van der Waals surface area contributed by atoms with E-state index in [9.17, 15) is 4.79 Å². The molecular formula is C21H26N4O2. The monoisotopic (exact) mass is 366 g/mol. The zero-order valence-electron chi connectivity index (χ0n) is 15.6. The van der Waals surface area contributed by atoms with E-state index in [1.807, 2.05) is 30.3 Å². The number of nitrogens with one attached hydrogen (secondary N) is 2. The first kappa shape index (κ1) is 17.8. The van der Waals surface area contributed by atoms with E-state index in [4.69, 9.17) is 4.74 Å². The number of carbonyl (C=O) groups is 1. The summed E-state index contributed by atoms with van der Waals surface area (Å²) in [6.07, 6.45) is 4.94. The van der Waals surface area contributed by atoms with Crippen LogP contribution in [0.5, 0.6) is 5.75 Å². The number of carbonyl (C=O) groups excluding carboxylic acids is 1. The molecule has 1 aliphatic carbocycles. The van der Waals surface area contributed by atoms with Crippen molar-refractivity contribution < 1.29 is 9.53 Å². The lowest BCUT2D eigenvalue weighted by molar-refractivity contribution is 0.0950. The number of hydrogen-bond acceptors (Lipinski definition) is 5. The number of amides is 1. The third-order valence-electron chi connectivity index (χ3n) is 5.21. The van der Waals surface area contributed by atoms with Gasteiger partial charge < -0.3 is 20.3 Å². The van der Waals surface area contributed by atoms with Crippen LogP contribution in [0.2, 0.25) is 0 Å². The lowest BCUT2D eigenvalue weighted by Gasteiger charge is -2.18. The van der Waals surface area contributed by atoms with Gasteiger partial charge in [-0.2, -0.15) is 0 Å². The van der Waals surface area contributed by atoms with E-state index in [-0.39, 0.29) is 5.91 Å². The fraction of sp³-hybridized carbons (Fsp3) is 0.429. The Morgan fingerprint density at radius 1 is 1.19 bits per heavy atom. The Hall–Kier alpha value is -2.60. The second kappa shape index (κ2) is 7.96. The van der Waals surface area contributed by atoms with Crippen LogP contribution in [0.1, 0.15) is 35.2 Å². The zero-order chi connectivity index (χ0) is 18.6. The molecule has 2 N–H and O–H groups in total. The smallest absolute Gasteiger partial charge is 0.253 e. The number of para-hydroxylation sites is 1. The average molecular weight is 366 g/mol. The van der Waals surface area contributed by atoms with Crippen molar-refractivity contribution in [3.05, 3.63) is 53.7 Å². The van der Waals surface area contributed by atoms with Gasteiger partial charge in [-0.05, 0) is 37.5 Å². The van der Waals surface area contributed by atoms with Crippen molar-refractivity contribution in [3.8, 4) is 5.75 Å². The van der Waals surface area contributed by atoms with E-state index < -0.39 is 0 Å². The fourth-order valence-electron chi connectivity index (χ4n) is 3.44. The number of aromatic nitrogens is 1. The Labute approximate surface area is 159 Å². The highest BCUT2D eigenvalue weighted by atomic mass is 16.5. The molecule has 2 fully saturated rings. The molecule has 0 spiro atoms. The lowest BCUT2D eigenvalue weighted by atomic mass is 10.2. The molecule has 0 radical (unpaired) electrons. The third kappa shape index (κ3) is 4.39. The van der Waals surface area contributed by atoms with Gasteiger partial charge in [0.2, 0.25) is 0 Å². The van der Waals surface area contributed by atoms with Gasteiger partial charge >= 0.3 is 0 Å². The first-order chi connectivity index (χ1) is 13.2. The molecule has 6 heteroatoms. The highest BCUT2D eigenvalue weighted by Crippen LogP contribution is 2.22. The normalized spacial score (nSPS) is 19.1. The van der Waals surface area contributed by atoms with E-state index in [2.05, 4.69) is 26.6 Å². The first-order valence-corrected chi connectivity index (χ1v) is 9.60. The van der Waals surface area contributed by atoms with E-state index in [0.29, 0.717) is 17.6 Å². The predicted molar refractivity (Wildman–Crippen MR) is 105 cm³/mol. The van der Waals surface area contributed by atoms with Crippen LogP contribution in [0.25, 0.3) is 0 Å². The molecule has 27 heavy (non-hydrogen) atoms. The summed E-state index contributed by atoms with van der Waals surface area (Å²) in [6, 6.07) is 12.7. The highest BCUT2D eigenvalue weighted by Gasteiger charge is 2.25. The maximum absolute atomic E-state index is 12.1. The molecule has 1 aromatic heterocycles. The van der Waals surface area contributed by atoms with Crippen molar-refractivity contribution in [2.75, 3.05) is 25.1 Å². The molecule has 1 atom stereocenters. The number of rotatable bonds is 7. The Balaban J connectivity index is 1.30. The molecule has 1 saturated heterocycles. The largest absolute Gasteiger partial charge is 0.496 e. The minimum absolute atomic E-state index is 0.0191. The summed E-state index contributed by atoms with van der Waals surface area (Å²) in [5, 5.41) is 6.61. The van der Waals surface area contributed by atoms with Gasteiger partial charge in [0.05, 0.1) is 12.7 Å². The van der Waals surface area contributed by atoms with Crippen LogP contribution in [0, 0.1) is 0 Å². The second-order valence-corrected chi connectivity index (χ2v) is 7.28. The van der Waals surface area contributed by atoms with Crippen LogP contribution < -0.4 is 20.3 Å². The Morgan fingerprint density at radius 2 is 2.04 bits per heavy atom. The van der Waals surface area contributed by atoms with Gasteiger partial charge in [0.1, 0.15) is 11.6 Å². The van der Waals surface area contributed by atoms with Gasteiger partial charge in [0.25, 0.3) is 5.91 Å². The van der Waals surface area contributed by atoms with Gasteiger partial charge in [-0.15, -0.1) is 0 Å². The Morgan fingerprint density at radius 3 is 2.78 bits per heavy atom. The molecule has 2 heterocycles. The van der Waals surface area contributed by atoms with Crippen molar-refractivity contribution in [2.45, 2.75) is 37.9 Å². The standard InChI is InChI=1S/C21H26N4O2/c1-27-19-5-3-2-4-15(19)12-22-18-10-11-25(14-18)20-9-6-16(13-23-20)21(26)24-17-7-8-17/h2-6,9,13,17-18,22H,7-8,10-12,14H2,1H3,(H,24,26).